The fourth-order valence-corrected chi connectivity index (χ4v) is 2.95. The van der Waals surface area contributed by atoms with Gasteiger partial charge in [0.1, 0.15) is 0 Å². The molecule has 2 nitrogen and oxygen atoms in total. The Hall–Kier alpha value is -1.58. The molecule has 0 unspecified atom stereocenters. The normalized spacial score (nSPS) is 11.8. The monoisotopic (exact) mass is 292 g/mol. The Labute approximate surface area is 118 Å². The molecule has 0 aromatic heterocycles. The van der Waals surface area contributed by atoms with Gasteiger partial charge in [-0.15, -0.1) is 0 Å². The molecule has 0 bridgehead atoms. The first kappa shape index (κ1) is 13.8. The van der Waals surface area contributed by atoms with Gasteiger partial charge in [-0.1, -0.05) is 60.2 Å². The van der Waals surface area contributed by atoms with E-state index in [1.165, 1.54) is 0 Å². The molecule has 0 aliphatic carbocycles. The van der Waals surface area contributed by atoms with Crippen molar-refractivity contribution in [3.05, 3.63) is 71.3 Å². The Balaban J connectivity index is 2.13. The van der Waals surface area contributed by atoms with E-state index >= 15 is 0 Å². The second kappa shape index (κ2) is 6.04. The molecule has 0 saturated carbocycles. The lowest BCUT2D eigenvalue weighted by molar-refractivity contribution is 0.599. The van der Waals surface area contributed by atoms with Gasteiger partial charge in [0.2, 0.25) is 0 Å². The van der Waals surface area contributed by atoms with Crippen molar-refractivity contribution in [2.75, 3.05) is 5.75 Å². The van der Waals surface area contributed by atoms with Crippen LogP contribution in [0.4, 0.5) is 0 Å². The highest BCUT2D eigenvalue weighted by Crippen LogP contribution is 2.17. The van der Waals surface area contributed by atoms with Crippen LogP contribution in [0.3, 0.4) is 0 Å². The summed E-state index contributed by atoms with van der Waals surface area (Å²) in [6, 6.07) is 15.7. The van der Waals surface area contributed by atoms with Gasteiger partial charge < -0.3 is 0 Å². The van der Waals surface area contributed by atoms with Gasteiger partial charge in [-0.25, -0.2) is 8.42 Å². The summed E-state index contributed by atoms with van der Waals surface area (Å²) in [6.07, 6.45) is 3.34. The van der Waals surface area contributed by atoms with E-state index in [4.69, 9.17) is 11.6 Å². The Morgan fingerprint density at radius 2 is 1.58 bits per heavy atom. The van der Waals surface area contributed by atoms with Crippen molar-refractivity contribution in [3.8, 4) is 0 Å². The minimum atomic E-state index is -3.27. The Morgan fingerprint density at radius 1 is 0.947 bits per heavy atom. The molecule has 98 valence electrons. The highest BCUT2D eigenvalue weighted by molar-refractivity contribution is 7.91. The Morgan fingerprint density at radius 3 is 2.26 bits per heavy atom. The lowest BCUT2D eigenvalue weighted by atomic mass is 10.2. The van der Waals surface area contributed by atoms with Crippen molar-refractivity contribution >= 4 is 27.5 Å². The van der Waals surface area contributed by atoms with Gasteiger partial charge >= 0.3 is 0 Å². The second-order valence-corrected chi connectivity index (χ2v) is 6.46. The fourth-order valence-electron chi connectivity index (χ4n) is 1.64. The van der Waals surface area contributed by atoms with Crippen molar-refractivity contribution in [2.24, 2.45) is 0 Å². The minimum Gasteiger partial charge on any atom is -0.223 e. The van der Waals surface area contributed by atoms with Crippen molar-refractivity contribution < 1.29 is 8.42 Å². The van der Waals surface area contributed by atoms with E-state index in [1.54, 1.807) is 48.6 Å². The van der Waals surface area contributed by atoms with Crippen LogP contribution in [0, 0.1) is 0 Å². The summed E-state index contributed by atoms with van der Waals surface area (Å²) in [7, 11) is -3.27. The molecule has 4 heteroatoms. The number of rotatable bonds is 4. The molecular weight excluding hydrogens is 280 g/mol. The lowest BCUT2D eigenvalue weighted by Gasteiger charge is -2.01. The molecule has 2 rings (SSSR count). The maximum Gasteiger partial charge on any atom is 0.181 e. The Bertz CT molecular complexity index is 676. The molecule has 0 N–H and O–H groups in total. The van der Waals surface area contributed by atoms with Crippen LogP contribution < -0.4 is 0 Å². The van der Waals surface area contributed by atoms with Gasteiger partial charge in [0.15, 0.2) is 9.84 Å². The zero-order valence-corrected chi connectivity index (χ0v) is 11.7. The summed E-state index contributed by atoms with van der Waals surface area (Å²) in [5, 5.41) is 0.607. The standard InChI is InChI=1S/C15H13ClO2S/c16-15-11-5-4-7-13(15)8-6-12-19(17,18)14-9-2-1-3-10-14/h1-11H,12H2/b8-6+. The third-order valence-corrected chi connectivity index (χ3v) is 4.59. The van der Waals surface area contributed by atoms with Gasteiger partial charge in [-0.05, 0) is 23.8 Å². The molecule has 0 aliphatic rings. The summed E-state index contributed by atoms with van der Waals surface area (Å²) >= 11 is 5.99. The van der Waals surface area contributed by atoms with E-state index in [2.05, 4.69) is 0 Å². The topological polar surface area (TPSA) is 34.1 Å². The molecular formula is C15H13ClO2S. The van der Waals surface area contributed by atoms with Crippen LogP contribution in [0.1, 0.15) is 5.56 Å². The van der Waals surface area contributed by atoms with Crippen LogP contribution in [-0.4, -0.2) is 14.2 Å². The molecule has 0 atom stereocenters. The van der Waals surface area contributed by atoms with Crippen LogP contribution >= 0.6 is 11.6 Å². The molecule has 19 heavy (non-hydrogen) atoms. The highest BCUT2D eigenvalue weighted by Gasteiger charge is 2.11. The van der Waals surface area contributed by atoms with Gasteiger partial charge in [0.25, 0.3) is 0 Å². The van der Waals surface area contributed by atoms with Gasteiger partial charge in [0.05, 0.1) is 10.6 Å². The molecule has 0 spiro atoms. The zero-order chi connectivity index (χ0) is 13.7. The first-order chi connectivity index (χ1) is 9.09. The minimum absolute atomic E-state index is 0.0394. The van der Waals surface area contributed by atoms with E-state index < -0.39 is 9.84 Å². The van der Waals surface area contributed by atoms with Crippen LogP contribution in [-0.2, 0) is 9.84 Å². The highest BCUT2D eigenvalue weighted by atomic mass is 35.5. The van der Waals surface area contributed by atoms with Crippen LogP contribution in [0.15, 0.2) is 65.6 Å². The SMILES string of the molecule is O=S(=O)(C/C=C/c1ccccc1Cl)c1ccccc1. The van der Waals surface area contributed by atoms with Gasteiger partial charge in [-0.2, -0.15) is 0 Å². The number of halogens is 1. The second-order valence-electron chi connectivity index (χ2n) is 4.02. The van der Waals surface area contributed by atoms with Crippen molar-refractivity contribution in [2.45, 2.75) is 4.90 Å². The third kappa shape index (κ3) is 3.69. The number of hydrogen-bond donors (Lipinski definition) is 0. The maximum absolute atomic E-state index is 12.0. The molecule has 2 aromatic rings. The summed E-state index contributed by atoms with van der Waals surface area (Å²) in [6.45, 7) is 0. The predicted octanol–water partition coefficient (Wildman–Crippen LogP) is 3.83. The smallest absolute Gasteiger partial charge is 0.181 e. The maximum atomic E-state index is 12.0. The molecule has 0 amide bonds. The van der Waals surface area contributed by atoms with Crippen molar-refractivity contribution in [3.63, 3.8) is 0 Å². The van der Waals surface area contributed by atoms with E-state index in [-0.39, 0.29) is 5.75 Å². The van der Waals surface area contributed by atoms with E-state index in [0.29, 0.717) is 9.92 Å². The number of benzene rings is 2. The molecule has 0 aliphatic heterocycles. The fraction of sp³-hybridized carbons (Fsp3) is 0.0667. The number of hydrogen-bond acceptors (Lipinski definition) is 2. The van der Waals surface area contributed by atoms with E-state index in [9.17, 15) is 8.42 Å². The lowest BCUT2D eigenvalue weighted by Crippen LogP contribution is -2.04. The molecule has 2 aromatic carbocycles. The summed E-state index contributed by atoms with van der Waals surface area (Å²) in [5.41, 5.74) is 0.812. The van der Waals surface area contributed by atoms with Crippen molar-refractivity contribution in [1.82, 2.24) is 0 Å². The first-order valence-corrected chi connectivity index (χ1v) is 7.81. The number of sulfone groups is 1. The third-order valence-electron chi connectivity index (χ3n) is 2.62. The molecule has 0 heterocycles. The average Bonchev–Trinajstić information content (AvgIpc) is 2.42. The largest absolute Gasteiger partial charge is 0.223 e. The quantitative estimate of drug-likeness (QED) is 0.858. The molecule has 0 radical (unpaired) electrons. The van der Waals surface area contributed by atoms with Crippen LogP contribution in [0.25, 0.3) is 6.08 Å². The van der Waals surface area contributed by atoms with Crippen molar-refractivity contribution in [1.29, 1.82) is 0 Å². The Kier molecular flexibility index (Phi) is 4.40. The zero-order valence-electron chi connectivity index (χ0n) is 10.2. The van der Waals surface area contributed by atoms with Gasteiger partial charge in [0, 0.05) is 5.02 Å². The van der Waals surface area contributed by atoms with E-state index in [0.717, 1.165) is 5.56 Å². The first-order valence-electron chi connectivity index (χ1n) is 5.78. The van der Waals surface area contributed by atoms with Crippen LogP contribution in [0.5, 0.6) is 0 Å². The van der Waals surface area contributed by atoms with Crippen LogP contribution in [0.2, 0.25) is 5.02 Å². The summed E-state index contributed by atoms with van der Waals surface area (Å²) in [5.74, 6) is -0.0394. The summed E-state index contributed by atoms with van der Waals surface area (Å²) in [4.78, 5) is 0.332. The average molecular weight is 293 g/mol. The van der Waals surface area contributed by atoms with E-state index in [1.807, 2.05) is 18.2 Å². The van der Waals surface area contributed by atoms with Gasteiger partial charge in [-0.3, -0.25) is 0 Å². The molecule has 0 fully saturated rings. The summed E-state index contributed by atoms with van der Waals surface area (Å²) < 4.78 is 24.0. The predicted molar refractivity (Wildman–Crippen MR) is 79.0 cm³/mol. The molecule has 0 saturated heterocycles.